The zero-order valence-corrected chi connectivity index (χ0v) is 11.5. The van der Waals surface area contributed by atoms with Crippen LogP contribution >= 0.6 is 0 Å². The van der Waals surface area contributed by atoms with Crippen LogP contribution in [-0.2, 0) is 10.3 Å². The standard InChI is InChI=1S/C15H16N2O3/c1-9-3-4-11-10(7-9)15(14(5-6-14)8-20-11)12(18)17(2)13(19)16-15/h3-4,7H,5-6,8H2,1-2H3,(H,16,19). The van der Waals surface area contributed by atoms with Crippen molar-refractivity contribution in [2.75, 3.05) is 13.7 Å². The van der Waals surface area contributed by atoms with Crippen LogP contribution in [0.25, 0.3) is 0 Å². The number of nitrogens with zero attached hydrogens (tertiary/aromatic N) is 1. The van der Waals surface area contributed by atoms with E-state index in [1.165, 1.54) is 11.9 Å². The Labute approximate surface area is 116 Å². The number of ether oxygens (including phenoxy) is 1. The van der Waals surface area contributed by atoms with Gasteiger partial charge < -0.3 is 10.1 Å². The van der Waals surface area contributed by atoms with E-state index in [0.29, 0.717) is 12.4 Å². The molecule has 5 heteroatoms. The molecule has 0 radical (unpaired) electrons. The number of rotatable bonds is 0. The minimum atomic E-state index is -0.932. The van der Waals surface area contributed by atoms with Crippen molar-refractivity contribution in [3.63, 3.8) is 0 Å². The van der Waals surface area contributed by atoms with E-state index in [1.54, 1.807) is 0 Å². The quantitative estimate of drug-likeness (QED) is 0.729. The number of fused-ring (bicyclic) bond motifs is 3. The first kappa shape index (κ1) is 11.8. The van der Waals surface area contributed by atoms with E-state index >= 15 is 0 Å². The molecule has 3 amide bonds. The lowest BCUT2D eigenvalue weighted by molar-refractivity contribution is -0.135. The van der Waals surface area contributed by atoms with Gasteiger partial charge in [0.15, 0.2) is 5.54 Å². The van der Waals surface area contributed by atoms with Crippen molar-refractivity contribution in [1.29, 1.82) is 0 Å². The minimum Gasteiger partial charge on any atom is -0.492 e. The molecule has 1 aromatic rings. The van der Waals surface area contributed by atoms with Crippen molar-refractivity contribution >= 4 is 11.9 Å². The predicted molar refractivity (Wildman–Crippen MR) is 71.3 cm³/mol. The summed E-state index contributed by atoms with van der Waals surface area (Å²) in [5, 5.41) is 2.96. The molecule has 1 N–H and O–H groups in total. The summed E-state index contributed by atoms with van der Waals surface area (Å²) in [4.78, 5) is 26.0. The second-order valence-corrected chi connectivity index (χ2v) is 6.11. The number of amides is 3. The average Bonchev–Trinajstić information content (AvgIpc) is 3.17. The third-order valence-corrected chi connectivity index (χ3v) is 4.92. The van der Waals surface area contributed by atoms with Gasteiger partial charge in [-0.05, 0) is 31.9 Å². The summed E-state index contributed by atoms with van der Waals surface area (Å²) < 4.78 is 5.84. The molecule has 1 aromatic carbocycles. The van der Waals surface area contributed by atoms with Crippen LogP contribution in [0.4, 0.5) is 4.79 Å². The number of benzene rings is 1. The molecule has 104 valence electrons. The summed E-state index contributed by atoms with van der Waals surface area (Å²) in [5.41, 5.74) is 0.661. The number of aryl methyl sites for hydroxylation is 1. The van der Waals surface area contributed by atoms with Crippen LogP contribution in [0, 0.1) is 12.3 Å². The maximum absolute atomic E-state index is 12.8. The van der Waals surface area contributed by atoms with Gasteiger partial charge in [-0.15, -0.1) is 0 Å². The predicted octanol–water partition coefficient (Wildman–Crippen LogP) is 1.54. The molecule has 2 spiro atoms. The number of imide groups is 1. The van der Waals surface area contributed by atoms with Gasteiger partial charge in [-0.3, -0.25) is 9.69 Å². The van der Waals surface area contributed by atoms with Crippen LogP contribution in [0.1, 0.15) is 24.0 Å². The van der Waals surface area contributed by atoms with Crippen molar-refractivity contribution in [1.82, 2.24) is 10.2 Å². The molecule has 3 aliphatic rings. The zero-order chi connectivity index (χ0) is 14.1. The molecule has 5 nitrogen and oxygen atoms in total. The summed E-state index contributed by atoms with van der Waals surface area (Å²) in [6.45, 7) is 2.47. The molecule has 1 aliphatic carbocycles. The molecule has 1 atom stereocenters. The first-order valence-corrected chi connectivity index (χ1v) is 6.84. The van der Waals surface area contributed by atoms with E-state index in [9.17, 15) is 9.59 Å². The van der Waals surface area contributed by atoms with Crippen LogP contribution in [0.2, 0.25) is 0 Å². The highest BCUT2D eigenvalue weighted by Crippen LogP contribution is 2.63. The van der Waals surface area contributed by atoms with Gasteiger partial charge in [-0.1, -0.05) is 11.6 Å². The molecular weight excluding hydrogens is 256 g/mol. The van der Waals surface area contributed by atoms with Gasteiger partial charge >= 0.3 is 6.03 Å². The number of likely N-dealkylation sites (N-methyl/N-ethyl adjacent to an activating group) is 1. The Morgan fingerprint density at radius 2 is 2.05 bits per heavy atom. The summed E-state index contributed by atoms with van der Waals surface area (Å²) in [5.74, 6) is 0.548. The van der Waals surface area contributed by atoms with Gasteiger partial charge in [-0.25, -0.2) is 4.79 Å². The topological polar surface area (TPSA) is 58.6 Å². The highest BCUT2D eigenvalue weighted by Gasteiger charge is 2.71. The van der Waals surface area contributed by atoms with E-state index in [0.717, 1.165) is 24.0 Å². The maximum atomic E-state index is 12.8. The number of urea groups is 1. The van der Waals surface area contributed by atoms with Crippen LogP contribution < -0.4 is 10.1 Å². The number of carbonyl (C=O) groups excluding carboxylic acids is 2. The Bertz CT molecular complexity index is 651. The van der Waals surface area contributed by atoms with E-state index in [1.807, 2.05) is 25.1 Å². The molecule has 0 aromatic heterocycles. The van der Waals surface area contributed by atoms with E-state index in [2.05, 4.69) is 5.32 Å². The van der Waals surface area contributed by atoms with Gasteiger partial charge in [0.2, 0.25) is 0 Å². The summed E-state index contributed by atoms with van der Waals surface area (Å²) in [6, 6.07) is 5.49. The average molecular weight is 272 g/mol. The van der Waals surface area contributed by atoms with Crippen molar-refractivity contribution in [2.45, 2.75) is 25.3 Å². The summed E-state index contributed by atoms with van der Waals surface area (Å²) >= 11 is 0. The SMILES string of the molecule is Cc1ccc2c(c1)C1(NC(=O)N(C)C1=O)C1(CC1)CO2. The highest BCUT2D eigenvalue weighted by molar-refractivity contribution is 6.08. The molecule has 0 bridgehead atoms. The largest absolute Gasteiger partial charge is 0.492 e. The molecular formula is C15H16N2O3. The first-order valence-electron chi connectivity index (χ1n) is 6.84. The molecule has 20 heavy (non-hydrogen) atoms. The van der Waals surface area contributed by atoms with Crippen LogP contribution in [-0.4, -0.2) is 30.5 Å². The van der Waals surface area contributed by atoms with Crippen molar-refractivity contribution in [3.05, 3.63) is 29.3 Å². The normalized spacial score (nSPS) is 29.4. The molecule has 1 saturated carbocycles. The highest BCUT2D eigenvalue weighted by atomic mass is 16.5. The van der Waals surface area contributed by atoms with E-state index in [4.69, 9.17) is 4.74 Å². The second kappa shape index (κ2) is 3.34. The number of hydrogen-bond donors (Lipinski definition) is 1. The van der Waals surface area contributed by atoms with Gasteiger partial charge in [0.05, 0.1) is 6.61 Å². The Balaban J connectivity index is 2.00. The maximum Gasteiger partial charge on any atom is 0.325 e. The van der Waals surface area contributed by atoms with Gasteiger partial charge in [0.25, 0.3) is 5.91 Å². The van der Waals surface area contributed by atoms with Crippen molar-refractivity contribution in [3.8, 4) is 5.75 Å². The van der Waals surface area contributed by atoms with Gasteiger partial charge in [-0.2, -0.15) is 0 Å². The van der Waals surface area contributed by atoms with Crippen molar-refractivity contribution in [2.24, 2.45) is 5.41 Å². The smallest absolute Gasteiger partial charge is 0.325 e. The third kappa shape index (κ3) is 1.14. The van der Waals surface area contributed by atoms with E-state index in [-0.39, 0.29) is 17.4 Å². The number of nitrogens with one attached hydrogen (secondary N) is 1. The Morgan fingerprint density at radius 3 is 2.65 bits per heavy atom. The molecule has 2 fully saturated rings. The molecule has 1 unspecified atom stereocenters. The Morgan fingerprint density at radius 1 is 1.30 bits per heavy atom. The first-order chi connectivity index (χ1) is 9.50. The van der Waals surface area contributed by atoms with Crippen LogP contribution in [0.3, 0.4) is 0 Å². The lowest BCUT2D eigenvalue weighted by Gasteiger charge is -2.41. The molecule has 1 saturated heterocycles. The fourth-order valence-corrected chi connectivity index (χ4v) is 3.53. The van der Waals surface area contributed by atoms with Gasteiger partial charge in [0.1, 0.15) is 5.75 Å². The summed E-state index contributed by atoms with van der Waals surface area (Å²) in [6.07, 6.45) is 1.81. The third-order valence-electron chi connectivity index (χ3n) is 4.92. The molecule has 2 aliphatic heterocycles. The Kier molecular flexibility index (Phi) is 1.96. The zero-order valence-electron chi connectivity index (χ0n) is 11.5. The van der Waals surface area contributed by atoms with Gasteiger partial charge in [0, 0.05) is 18.0 Å². The molecule has 2 heterocycles. The summed E-state index contributed by atoms with van der Waals surface area (Å²) in [7, 11) is 1.54. The van der Waals surface area contributed by atoms with Crippen LogP contribution in [0.15, 0.2) is 18.2 Å². The van der Waals surface area contributed by atoms with E-state index < -0.39 is 5.54 Å². The fourth-order valence-electron chi connectivity index (χ4n) is 3.53. The van der Waals surface area contributed by atoms with Crippen LogP contribution in [0.5, 0.6) is 5.75 Å². The fraction of sp³-hybridized carbons (Fsp3) is 0.467. The second-order valence-electron chi connectivity index (χ2n) is 6.11. The lowest BCUT2D eigenvalue weighted by Crippen LogP contribution is -2.56. The van der Waals surface area contributed by atoms with Crippen molar-refractivity contribution < 1.29 is 14.3 Å². The minimum absolute atomic E-state index is 0.157. The molecule has 4 rings (SSSR count). The lowest BCUT2D eigenvalue weighted by atomic mass is 9.73. The monoisotopic (exact) mass is 272 g/mol. The number of hydrogen-bond acceptors (Lipinski definition) is 3. The Hall–Kier alpha value is -2.04. The number of carbonyl (C=O) groups is 2.